The predicted molar refractivity (Wildman–Crippen MR) is 102 cm³/mol. The molecule has 1 aliphatic heterocycles. The number of amides is 1. The second-order valence-corrected chi connectivity index (χ2v) is 7.29. The van der Waals surface area contributed by atoms with Gasteiger partial charge in [-0.3, -0.25) is 4.79 Å². The van der Waals surface area contributed by atoms with E-state index in [1.54, 1.807) is 11.3 Å². The second-order valence-electron chi connectivity index (χ2n) is 6.51. The van der Waals surface area contributed by atoms with Crippen molar-refractivity contribution in [3.63, 3.8) is 0 Å². The van der Waals surface area contributed by atoms with E-state index >= 15 is 0 Å². The molecule has 2 atom stereocenters. The SMILES string of the molecule is C[C@@H](C(=O)Nc1ccc(N2CCOCC2)cc1)[NH+](C)Cc1ccsc1. The van der Waals surface area contributed by atoms with Gasteiger partial charge >= 0.3 is 0 Å². The van der Waals surface area contributed by atoms with Crippen molar-refractivity contribution in [3.05, 3.63) is 46.7 Å². The first-order valence-corrected chi connectivity index (χ1v) is 9.65. The van der Waals surface area contributed by atoms with Gasteiger partial charge in [-0.2, -0.15) is 11.3 Å². The topological polar surface area (TPSA) is 46.0 Å². The first-order valence-electron chi connectivity index (χ1n) is 8.70. The molecule has 0 aliphatic carbocycles. The number of hydrogen-bond donors (Lipinski definition) is 2. The van der Waals surface area contributed by atoms with Crippen LogP contribution < -0.4 is 15.1 Å². The second kappa shape index (κ2) is 8.47. The summed E-state index contributed by atoms with van der Waals surface area (Å²) in [7, 11) is 2.06. The van der Waals surface area contributed by atoms with Crippen molar-refractivity contribution in [1.82, 2.24) is 0 Å². The van der Waals surface area contributed by atoms with Gasteiger partial charge in [0.2, 0.25) is 0 Å². The van der Waals surface area contributed by atoms with Crippen molar-refractivity contribution in [1.29, 1.82) is 0 Å². The number of morpholine rings is 1. The molecular formula is C19H26N3O2S+. The number of thiophene rings is 1. The molecule has 1 unspecified atom stereocenters. The van der Waals surface area contributed by atoms with Gasteiger partial charge in [0.15, 0.2) is 6.04 Å². The molecule has 0 saturated carbocycles. The fourth-order valence-electron chi connectivity index (χ4n) is 2.92. The van der Waals surface area contributed by atoms with E-state index < -0.39 is 0 Å². The van der Waals surface area contributed by atoms with Crippen LogP contribution in [0.1, 0.15) is 12.5 Å². The third-order valence-corrected chi connectivity index (χ3v) is 5.44. The monoisotopic (exact) mass is 360 g/mol. The lowest BCUT2D eigenvalue weighted by Crippen LogP contribution is -3.12. The standard InChI is InChI=1S/C19H25N3O2S/c1-15(21(2)13-16-7-12-25-14-16)19(23)20-17-3-5-18(6-4-17)22-8-10-24-11-9-22/h3-7,12,14-15H,8-11,13H2,1-2H3,(H,20,23)/p+1/t15-/m0/s1. The molecule has 1 aromatic heterocycles. The molecule has 0 radical (unpaired) electrons. The van der Waals surface area contributed by atoms with E-state index in [9.17, 15) is 4.79 Å². The zero-order valence-corrected chi connectivity index (χ0v) is 15.6. The van der Waals surface area contributed by atoms with Crippen LogP contribution in [0.5, 0.6) is 0 Å². The van der Waals surface area contributed by atoms with E-state index in [-0.39, 0.29) is 11.9 Å². The number of rotatable bonds is 6. The van der Waals surface area contributed by atoms with Crippen LogP contribution in [0.2, 0.25) is 0 Å². The largest absolute Gasteiger partial charge is 0.378 e. The van der Waals surface area contributed by atoms with Crippen molar-refractivity contribution in [3.8, 4) is 0 Å². The molecule has 1 aliphatic rings. The smallest absolute Gasteiger partial charge is 0.282 e. The van der Waals surface area contributed by atoms with Crippen LogP contribution >= 0.6 is 11.3 Å². The van der Waals surface area contributed by atoms with Gasteiger partial charge in [-0.25, -0.2) is 0 Å². The Hall–Kier alpha value is -1.89. The van der Waals surface area contributed by atoms with Crippen molar-refractivity contribution in [2.75, 3.05) is 43.6 Å². The minimum atomic E-state index is -0.112. The van der Waals surface area contributed by atoms with Crippen LogP contribution in [-0.2, 0) is 16.1 Å². The number of benzene rings is 1. The zero-order chi connectivity index (χ0) is 17.6. The minimum Gasteiger partial charge on any atom is -0.378 e. The summed E-state index contributed by atoms with van der Waals surface area (Å²) in [6, 6.07) is 10.1. The molecule has 6 heteroatoms. The average molecular weight is 361 g/mol. The number of hydrogen-bond acceptors (Lipinski definition) is 4. The highest BCUT2D eigenvalue weighted by Gasteiger charge is 2.22. The van der Waals surface area contributed by atoms with Crippen LogP contribution in [0.15, 0.2) is 41.1 Å². The van der Waals surface area contributed by atoms with E-state index in [0.29, 0.717) is 0 Å². The molecule has 2 N–H and O–H groups in total. The Morgan fingerprint density at radius 2 is 2.00 bits per heavy atom. The molecule has 2 heterocycles. The van der Waals surface area contributed by atoms with Crippen LogP contribution in [0.4, 0.5) is 11.4 Å². The quantitative estimate of drug-likeness (QED) is 0.823. The first kappa shape index (κ1) is 17.9. The van der Waals surface area contributed by atoms with E-state index in [4.69, 9.17) is 4.74 Å². The Balaban J connectivity index is 1.54. The summed E-state index contributed by atoms with van der Waals surface area (Å²) in [6.07, 6.45) is 0. The van der Waals surface area contributed by atoms with Crippen LogP contribution in [0, 0.1) is 0 Å². The summed E-state index contributed by atoms with van der Waals surface area (Å²) in [4.78, 5) is 16.0. The molecule has 0 spiro atoms. The highest BCUT2D eigenvalue weighted by molar-refractivity contribution is 7.07. The van der Waals surface area contributed by atoms with Gasteiger partial charge in [-0.1, -0.05) is 0 Å². The van der Waals surface area contributed by atoms with Crippen molar-refractivity contribution >= 4 is 28.6 Å². The molecule has 3 rings (SSSR count). The Morgan fingerprint density at radius 3 is 2.64 bits per heavy atom. The number of ether oxygens (including phenoxy) is 1. The molecule has 2 aromatic rings. The van der Waals surface area contributed by atoms with E-state index in [1.807, 2.05) is 19.1 Å². The highest BCUT2D eigenvalue weighted by Crippen LogP contribution is 2.19. The number of quaternary nitrogens is 1. The van der Waals surface area contributed by atoms with Crippen molar-refractivity contribution in [2.24, 2.45) is 0 Å². The van der Waals surface area contributed by atoms with E-state index in [2.05, 4.69) is 46.2 Å². The average Bonchev–Trinajstić information content (AvgIpc) is 3.15. The molecule has 1 amide bonds. The number of nitrogens with zero attached hydrogens (tertiary/aromatic N) is 1. The van der Waals surface area contributed by atoms with Crippen LogP contribution in [0.25, 0.3) is 0 Å². The molecule has 134 valence electrons. The fraction of sp³-hybridized carbons (Fsp3) is 0.421. The fourth-order valence-corrected chi connectivity index (χ4v) is 3.59. The third kappa shape index (κ3) is 4.81. The van der Waals surface area contributed by atoms with Gasteiger partial charge in [0, 0.05) is 30.0 Å². The normalized spacial score (nSPS) is 17.1. The van der Waals surface area contributed by atoms with Gasteiger partial charge in [0.1, 0.15) is 6.54 Å². The maximum atomic E-state index is 12.5. The summed E-state index contributed by atoms with van der Waals surface area (Å²) >= 11 is 1.69. The lowest BCUT2D eigenvalue weighted by molar-refractivity contribution is -0.907. The van der Waals surface area contributed by atoms with E-state index in [1.165, 1.54) is 16.2 Å². The molecule has 5 nitrogen and oxygen atoms in total. The van der Waals surface area contributed by atoms with Crippen molar-refractivity contribution < 1.29 is 14.4 Å². The van der Waals surface area contributed by atoms with Gasteiger partial charge in [0.25, 0.3) is 5.91 Å². The minimum absolute atomic E-state index is 0.0480. The zero-order valence-electron chi connectivity index (χ0n) is 14.8. The Bertz CT molecular complexity index is 666. The van der Waals surface area contributed by atoms with Crippen LogP contribution in [-0.4, -0.2) is 45.3 Å². The van der Waals surface area contributed by atoms with Crippen LogP contribution in [0.3, 0.4) is 0 Å². The predicted octanol–water partition coefficient (Wildman–Crippen LogP) is 1.63. The highest BCUT2D eigenvalue weighted by atomic mass is 32.1. The molecule has 1 aromatic carbocycles. The van der Waals surface area contributed by atoms with Gasteiger partial charge in [-0.15, -0.1) is 0 Å². The molecule has 0 bridgehead atoms. The summed E-state index contributed by atoms with van der Waals surface area (Å²) in [6.45, 7) is 6.20. The molecular weight excluding hydrogens is 334 g/mol. The number of likely N-dealkylation sites (N-methyl/N-ethyl adjacent to an activating group) is 1. The lowest BCUT2D eigenvalue weighted by atomic mass is 10.2. The van der Waals surface area contributed by atoms with Gasteiger partial charge < -0.3 is 19.9 Å². The number of nitrogens with one attached hydrogen (secondary N) is 2. The molecule has 1 saturated heterocycles. The van der Waals surface area contributed by atoms with E-state index in [0.717, 1.165) is 38.5 Å². The molecule has 25 heavy (non-hydrogen) atoms. The third-order valence-electron chi connectivity index (χ3n) is 4.71. The van der Waals surface area contributed by atoms with Gasteiger partial charge in [-0.05, 0) is 48.0 Å². The Kier molecular flexibility index (Phi) is 6.07. The molecule has 1 fully saturated rings. The van der Waals surface area contributed by atoms with Crippen molar-refractivity contribution in [2.45, 2.75) is 19.5 Å². The summed E-state index contributed by atoms with van der Waals surface area (Å²) < 4.78 is 5.38. The lowest BCUT2D eigenvalue weighted by Gasteiger charge is -2.29. The number of carbonyl (C=O) groups is 1. The summed E-state index contributed by atoms with van der Waals surface area (Å²) in [5.41, 5.74) is 3.30. The number of carbonyl (C=O) groups excluding carboxylic acids is 1. The maximum absolute atomic E-state index is 12.5. The summed E-state index contributed by atoms with van der Waals surface area (Å²) in [5, 5.41) is 7.24. The maximum Gasteiger partial charge on any atom is 0.282 e. The van der Waals surface area contributed by atoms with Gasteiger partial charge in [0.05, 0.1) is 20.3 Å². The Morgan fingerprint density at radius 1 is 1.28 bits per heavy atom. The number of anilines is 2. The Labute approximate surface area is 153 Å². The summed E-state index contributed by atoms with van der Waals surface area (Å²) in [5.74, 6) is 0.0480. The first-order chi connectivity index (χ1) is 12.1.